The highest BCUT2D eigenvalue weighted by Crippen LogP contribution is 2.64. The van der Waals surface area contributed by atoms with Gasteiger partial charge < -0.3 is 39.3 Å². The maximum Gasteiger partial charge on any atom is 0.415 e. The number of ether oxygens (including phenoxy) is 3. The summed E-state index contributed by atoms with van der Waals surface area (Å²) in [6.45, 7) is 3.44. The first-order valence-corrected chi connectivity index (χ1v) is 18.0. The Morgan fingerprint density at radius 2 is 1.81 bits per heavy atom. The summed E-state index contributed by atoms with van der Waals surface area (Å²) in [5.41, 5.74) is 4.12. The number of carbonyl (C=O) groups excluding carboxylic acids is 4. The number of quaternary nitrogens is 1. The van der Waals surface area contributed by atoms with Crippen LogP contribution in [0.3, 0.4) is 0 Å². The van der Waals surface area contributed by atoms with Crippen LogP contribution in [0.4, 0.5) is 4.79 Å². The largest absolute Gasteiger partial charge is 0.508 e. The predicted molar refractivity (Wildman–Crippen MR) is 191 cm³/mol. The highest BCUT2D eigenvalue weighted by molar-refractivity contribution is 5.89. The molecular formula is C40H47N4O8+. The second kappa shape index (κ2) is 13.8. The van der Waals surface area contributed by atoms with Crippen molar-refractivity contribution in [2.45, 2.75) is 69.2 Å². The van der Waals surface area contributed by atoms with Gasteiger partial charge in [-0.2, -0.15) is 0 Å². The molecule has 1 spiro atoms. The molecule has 3 N–H and O–H groups in total. The Hall–Kier alpha value is -5.10. The van der Waals surface area contributed by atoms with E-state index in [0.29, 0.717) is 29.9 Å². The zero-order valence-electron chi connectivity index (χ0n) is 30.1. The van der Waals surface area contributed by atoms with Crippen LogP contribution >= 0.6 is 0 Å². The SMILES string of the molecule is COc1ccc2c3c1O[C@H]1C(=O)CC[C@H]4C(C2)[N@@+](C)(Cc2ccc(OC(=O)N(C)CCNC(=O)[C@H](Cc5ccc(O)cc5)NC(C)=O)cc2)CC[C@]314. The third-order valence-electron chi connectivity index (χ3n) is 11.8. The van der Waals surface area contributed by atoms with Gasteiger partial charge in [-0.05, 0) is 60.0 Å². The van der Waals surface area contributed by atoms with Crippen molar-refractivity contribution in [1.82, 2.24) is 15.5 Å². The molecule has 52 heavy (non-hydrogen) atoms. The summed E-state index contributed by atoms with van der Waals surface area (Å²) in [5, 5.41) is 15.0. The molecule has 0 radical (unpaired) electrons. The molecule has 1 saturated carbocycles. The molecule has 7 rings (SSSR count). The van der Waals surface area contributed by atoms with Crippen molar-refractivity contribution in [2.24, 2.45) is 5.92 Å². The van der Waals surface area contributed by atoms with Gasteiger partial charge in [-0.3, -0.25) is 14.4 Å². The van der Waals surface area contributed by atoms with Crippen LogP contribution in [0, 0.1) is 5.92 Å². The number of hydrogen-bond donors (Lipinski definition) is 3. The van der Waals surface area contributed by atoms with Gasteiger partial charge in [0.05, 0.1) is 32.2 Å². The van der Waals surface area contributed by atoms with E-state index in [1.807, 2.05) is 30.3 Å². The van der Waals surface area contributed by atoms with Crippen molar-refractivity contribution in [3.05, 3.63) is 82.9 Å². The Kier molecular flexibility index (Phi) is 9.37. The van der Waals surface area contributed by atoms with Gasteiger partial charge in [0.15, 0.2) is 23.4 Å². The number of phenolic OH excluding ortho intramolecular Hbond substituents is 1. The summed E-state index contributed by atoms with van der Waals surface area (Å²) in [5.74, 6) is 1.85. The van der Waals surface area contributed by atoms with Gasteiger partial charge in [-0.15, -0.1) is 0 Å². The van der Waals surface area contributed by atoms with Gasteiger partial charge in [-0.25, -0.2) is 4.79 Å². The maximum atomic E-state index is 13.3. The zero-order chi connectivity index (χ0) is 36.8. The molecule has 274 valence electrons. The number of aromatic hydroxyl groups is 1. The molecule has 4 aliphatic rings. The molecule has 2 heterocycles. The molecule has 3 amide bonds. The summed E-state index contributed by atoms with van der Waals surface area (Å²) >= 11 is 0. The number of nitrogens with one attached hydrogen (secondary N) is 2. The van der Waals surface area contributed by atoms with Crippen LogP contribution in [0.25, 0.3) is 0 Å². The standard InChI is InChI=1S/C40H46N4O8/c1-24(45)42-31(21-25-5-10-28(46)11-6-25)38(48)41-18-19-43(2)39(49)51-29-12-7-26(8-13-29)23-44(3)20-17-40-30-14-15-33(47)37(40)52-36-34(50-4)16-9-27(35(36)40)22-32(30)44/h5-13,16,30-32,37H,14-15,17-23H2,1-4H3,(H2-,41,42,45,46,48)/p+1/t30-,31-,32?,37-,40-,44+/m0/s1. The Bertz CT molecular complexity index is 1880. The Labute approximate surface area is 303 Å². The van der Waals surface area contributed by atoms with Gasteiger partial charge >= 0.3 is 6.09 Å². The minimum absolute atomic E-state index is 0.115. The summed E-state index contributed by atoms with van der Waals surface area (Å²) in [6.07, 6.45) is 2.47. The summed E-state index contributed by atoms with van der Waals surface area (Å²) in [6, 6.07) is 17.8. The van der Waals surface area contributed by atoms with Gasteiger partial charge in [0, 0.05) is 69.8 Å². The lowest BCUT2D eigenvalue weighted by molar-refractivity contribution is -0.957. The van der Waals surface area contributed by atoms with E-state index in [0.717, 1.165) is 53.7 Å². The topological polar surface area (TPSA) is 144 Å². The van der Waals surface area contributed by atoms with Crippen LogP contribution in [0.15, 0.2) is 60.7 Å². The lowest BCUT2D eigenvalue weighted by Gasteiger charge is -2.60. The number of piperidine rings is 1. The van der Waals surface area contributed by atoms with E-state index >= 15 is 0 Å². The molecule has 0 aromatic heterocycles. The van der Waals surface area contributed by atoms with E-state index in [-0.39, 0.29) is 48.3 Å². The fourth-order valence-electron chi connectivity index (χ4n) is 9.28. The highest BCUT2D eigenvalue weighted by atomic mass is 16.6. The number of ketones is 1. The molecule has 3 aromatic rings. The third-order valence-corrected chi connectivity index (χ3v) is 11.8. The van der Waals surface area contributed by atoms with E-state index in [9.17, 15) is 24.3 Å². The minimum atomic E-state index is -0.806. The highest BCUT2D eigenvalue weighted by Gasteiger charge is 2.69. The number of benzene rings is 3. The quantitative estimate of drug-likeness (QED) is 0.256. The van der Waals surface area contributed by atoms with Crippen LogP contribution in [0.5, 0.6) is 23.0 Å². The van der Waals surface area contributed by atoms with Gasteiger partial charge in [0.2, 0.25) is 11.8 Å². The number of hydrogen-bond acceptors (Lipinski definition) is 8. The summed E-state index contributed by atoms with van der Waals surface area (Å²) in [7, 11) is 5.59. The molecule has 2 aliphatic heterocycles. The Morgan fingerprint density at radius 3 is 2.52 bits per heavy atom. The number of methoxy groups -OCH3 is 1. The van der Waals surface area contributed by atoms with E-state index in [1.165, 1.54) is 35.1 Å². The van der Waals surface area contributed by atoms with Crippen LogP contribution < -0.4 is 24.8 Å². The molecule has 1 saturated heterocycles. The number of phenols is 1. The first-order valence-electron chi connectivity index (χ1n) is 18.0. The fraction of sp³-hybridized carbons (Fsp3) is 0.450. The van der Waals surface area contributed by atoms with Gasteiger partial charge in [-0.1, -0.05) is 18.2 Å². The maximum absolute atomic E-state index is 13.3. The predicted octanol–water partition coefficient (Wildman–Crippen LogP) is 3.65. The van der Waals surface area contributed by atoms with Crippen molar-refractivity contribution >= 4 is 23.7 Å². The van der Waals surface area contributed by atoms with Crippen molar-refractivity contribution in [1.29, 1.82) is 0 Å². The van der Waals surface area contributed by atoms with Gasteiger partial charge in [0.1, 0.15) is 24.1 Å². The third kappa shape index (κ3) is 6.33. The summed E-state index contributed by atoms with van der Waals surface area (Å²) < 4.78 is 18.7. The van der Waals surface area contributed by atoms with Crippen molar-refractivity contribution in [3.63, 3.8) is 0 Å². The van der Waals surface area contributed by atoms with E-state index in [1.54, 1.807) is 26.3 Å². The minimum Gasteiger partial charge on any atom is -0.508 e. The first-order chi connectivity index (χ1) is 24.9. The molecular weight excluding hydrogens is 664 g/mol. The Balaban J connectivity index is 0.950. The zero-order valence-corrected chi connectivity index (χ0v) is 30.1. The molecule has 1 unspecified atom stereocenters. The van der Waals surface area contributed by atoms with Crippen LogP contribution in [0.2, 0.25) is 0 Å². The lowest BCUT2D eigenvalue weighted by Crippen LogP contribution is -2.71. The number of nitrogens with zero attached hydrogens (tertiary/aromatic N) is 2. The van der Waals surface area contributed by atoms with Crippen LogP contribution in [-0.4, -0.2) is 97.2 Å². The van der Waals surface area contributed by atoms with E-state index in [4.69, 9.17) is 14.2 Å². The number of rotatable bonds is 11. The average Bonchev–Trinajstić information content (AvgIpc) is 3.48. The number of likely N-dealkylation sites (N-methyl/N-ethyl adjacent to an activating group) is 2. The van der Waals surface area contributed by atoms with E-state index in [2.05, 4.69) is 23.7 Å². The molecule has 12 nitrogen and oxygen atoms in total. The fourth-order valence-corrected chi connectivity index (χ4v) is 9.28. The second-order valence-corrected chi connectivity index (χ2v) is 15.0. The van der Waals surface area contributed by atoms with Crippen molar-refractivity contribution < 1.29 is 43.0 Å². The monoisotopic (exact) mass is 711 g/mol. The second-order valence-electron chi connectivity index (χ2n) is 15.0. The van der Waals surface area contributed by atoms with E-state index < -0.39 is 18.2 Å². The van der Waals surface area contributed by atoms with Crippen LogP contribution in [0.1, 0.15) is 48.4 Å². The molecule has 12 heteroatoms. The number of likely N-dealkylation sites (tertiary alicyclic amines) is 1. The first kappa shape index (κ1) is 35.3. The molecule has 6 atom stereocenters. The number of Topliss-reactive ketones (excluding diaryl/α,β-unsaturated/α-hetero) is 1. The smallest absolute Gasteiger partial charge is 0.415 e. The van der Waals surface area contributed by atoms with Gasteiger partial charge in [0.25, 0.3) is 0 Å². The normalized spacial score (nSPS) is 25.6. The lowest BCUT2D eigenvalue weighted by atomic mass is 9.51. The average molecular weight is 712 g/mol. The number of carbonyl (C=O) groups is 4. The van der Waals surface area contributed by atoms with Crippen molar-refractivity contribution in [3.8, 4) is 23.0 Å². The number of amides is 3. The summed E-state index contributed by atoms with van der Waals surface area (Å²) in [4.78, 5) is 52.2. The van der Waals surface area contributed by atoms with Crippen molar-refractivity contribution in [2.75, 3.05) is 40.8 Å². The molecule has 2 fully saturated rings. The molecule has 2 aliphatic carbocycles. The van der Waals surface area contributed by atoms with Crippen LogP contribution in [-0.2, 0) is 39.2 Å². The molecule has 3 aromatic carbocycles. The Morgan fingerprint density at radius 1 is 1.08 bits per heavy atom. The molecule has 2 bridgehead atoms.